The molecule has 0 spiro atoms. The first-order chi connectivity index (χ1) is 9.52. The van der Waals surface area contributed by atoms with Crippen LogP contribution in [0.1, 0.15) is 38.2 Å². The third-order valence-corrected chi connectivity index (χ3v) is 3.75. The topological polar surface area (TPSA) is 41.5 Å². The van der Waals surface area contributed by atoms with E-state index in [9.17, 15) is 9.50 Å². The summed E-state index contributed by atoms with van der Waals surface area (Å²) in [6.07, 6.45) is 4.13. The molecule has 1 saturated carbocycles. The van der Waals surface area contributed by atoms with Gasteiger partial charge in [-0.3, -0.25) is 0 Å². The third-order valence-electron chi connectivity index (χ3n) is 3.75. The highest BCUT2D eigenvalue weighted by Gasteiger charge is 2.31. The highest BCUT2D eigenvalue weighted by Crippen LogP contribution is 2.25. The Kier molecular flexibility index (Phi) is 5.00. The molecule has 2 rings (SSSR count). The molecule has 0 aromatic heterocycles. The van der Waals surface area contributed by atoms with Gasteiger partial charge in [-0.2, -0.15) is 0 Å². The molecule has 0 radical (unpaired) electrons. The molecule has 1 aromatic rings. The van der Waals surface area contributed by atoms with Crippen LogP contribution in [-0.2, 0) is 0 Å². The molecule has 3 nitrogen and oxygen atoms in total. The van der Waals surface area contributed by atoms with Gasteiger partial charge >= 0.3 is 0 Å². The van der Waals surface area contributed by atoms with Crippen LogP contribution in [0.3, 0.4) is 0 Å². The predicted molar refractivity (Wildman–Crippen MR) is 77.5 cm³/mol. The van der Waals surface area contributed by atoms with Crippen molar-refractivity contribution in [3.8, 4) is 5.75 Å². The van der Waals surface area contributed by atoms with Gasteiger partial charge in [0.2, 0.25) is 0 Å². The van der Waals surface area contributed by atoms with Gasteiger partial charge in [0.25, 0.3) is 0 Å². The second-order valence-electron chi connectivity index (χ2n) is 6.00. The molecule has 1 aliphatic rings. The SMILES string of the molecule is Cc1cc(F)ccc1OCCCC(C)(CO)NC1CC1. The largest absolute Gasteiger partial charge is 0.493 e. The fraction of sp³-hybridized carbons (Fsp3) is 0.625. The lowest BCUT2D eigenvalue weighted by Gasteiger charge is -2.29. The Hall–Kier alpha value is -1.13. The number of halogens is 1. The summed E-state index contributed by atoms with van der Waals surface area (Å²) in [5, 5.41) is 13.0. The van der Waals surface area contributed by atoms with Gasteiger partial charge in [-0.05, 0) is 63.3 Å². The van der Waals surface area contributed by atoms with Crippen molar-refractivity contribution >= 4 is 0 Å². The van der Waals surface area contributed by atoms with Gasteiger partial charge in [0.15, 0.2) is 0 Å². The third kappa shape index (κ3) is 4.46. The van der Waals surface area contributed by atoms with Crippen LogP contribution in [-0.4, -0.2) is 29.9 Å². The van der Waals surface area contributed by atoms with Gasteiger partial charge in [-0.25, -0.2) is 4.39 Å². The fourth-order valence-corrected chi connectivity index (χ4v) is 2.34. The normalized spacial score (nSPS) is 17.8. The summed E-state index contributed by atoms with van der Waals surface area (Å²) < 4.78 is 18.6. The Labute approximate surface area is 120 Å². The zero-order valence-electron chi connectivity index (χ0n) is 12.3. The van der Waals surface area contributed by atoms with E-state index in [1.165, 1.54) is 25.0 Å². The van der Waals surface area contributed by atoms with Crippen LogP contribution in [0.5, 0.6) is 5.75 Å². The summed E-state index contributed by atoms with van der Waals surface area (Å²) >= 11 is 0. The lowest BCUT2D eigenvalue weighted by Crippen LogP contribution is -2.47. The van der Waals surface area contributed by atoms with Crippen molar-refractivity contribution in [2.45, 2.75) is 51.1 Å². The lowest BCUT2D eigenvalue weighted by molar-refractivity contribution is 0.154. The van der Waals surface area contributed by atoms with E-state index in [1.807, 2.05) is 6.92 Å². The number of aryl methyl sites for hydroxylation is 1. The van der Waals surface area contributed by atoms with Crippen LogP contribution in [0, 0.1) is 12.7 Å². The first-order valence-electron chi connectivity index (χ1n) is 7.30. The predicted octanol–water partition coefficient (Wildman–Crippen LogP) is 2.80. The van der Waals surface area contributed by atoms with Crippen molar-refractivity contribution in [1.29, 1.82) is 0 Å². The van der Waals surface area contributed by atoms with Gasteiger partial charge in [0.1, 0.15) is 11.6 Å². The molecule has 2 N–H and O–H groups in total. The van der Waals surface area contributed by atoms with Gasteiger partial charge in [-0.1, -0.05) is 0 Å². The zero-order valence-corrected chi connectivity index (χ0v) is 12.3. The van der Waals surface area contributed by atoms with E-state index in [0.717, 1.165) is 24.2 Å². The van der Waals surface area contributed by atoms with E-state index in [0.29, 0.717) is 12.6 Å². The van der Waals surface area contributed by atoms with Gasteiger partial charge < -0.3 is 15.2 Å². The molecule has 20 heavy (non-hydrogen) atoms. The number of nitrogens with one attached hydrogen (secondary N) is 1. The number of hydrogen-bond donors (Lipinski definition) is 2. The number of ether oxygens (including phenoxy) is 1. The van der Waals surface area contributed by atoms with Crippen LogP contribution < -0.4 is 10.1 Å². The highest BCUT2D eigenvalue weighted by molar-refractivity contribution is 5.32. The Morgan fingerprint density at radius 2 is 2.20 bits per heavy atom. The first kappa shape index (κ1) is 15.3. The second-order valence-corrected chi connectivity index (χ2v) is 6.00. The average molecular weight is 281 g/mol. The Morgan fingerprint density at radius 1 is 1.45 bits per heavy atom. The molecule has 1 atom stereocenters. The smallest absolute Gasteiger partial charge is 0.123 e. The van der Waals surface area contributed by atoms with Crippen molar-refractivity contribution in [2.24, 2.45) is 0 Å². The van der Waals surface area contributed by atoms with E-state index in [1.54, 1.807) is 6.07 Å². The van der Waals surface area contributed by atoms with Crippen molar-refractivity contribution in [3.05, 3.63) is 29.6 Å². The molecule has 4 heteroatoms. The molecular formula is C16H24FNO2. The number of benzene rings is 1. The van der Waals surface area contributed by atoms with Crippen LogP contribution in [0.25, 0.3) is 0 Å². The van der Waals surface area contributed by atoms with Crippen LogP contribution in [0.15, 0.2) is 18.2 Å². The lowest BCUT2D eigenvalue weighted by atomic mass is 9.97. The number of rotatable bonds is 8. The summed E-state index contributed by atoms with van der Waals surface area (Å²) in [5.41, 5.74) is 0.591. The standard InChI is InChI=1S/C16H24FNO2/c1-12-10-13(17)4-7-15(12)20-9-3-8-16(2,11-19)18-14-5-6-14/h4,7,10,14,18-19H,3,5-6,8-9,11H2,1-2H3. The molecule has 112 valence electrons. The molecule has 1 aliphatic carbocycles. The summed E-state index contributed by atoms with van der Waals surface area (Å²) in [7, 11) is 0. The highest BCUT2D eigenvalue weighted by atomic mass is 19.1. The van der Waals surface area contributed by atoms with Gasteiger partial charge in [-0.15, -0.1) is 0 Å². The second kappa shape index (κ2) is 6.55. The summed E-state index contributed by atoms with van der Waals surface area (Å²) in [5.74, 6) is 0.489. The molecule has 1 aromatic carbocycles. The minimum absolute atomic E-state index is 0.138. The summed E-state index contributed by atoms with van der Waals surface area (Å²) in [6, 6.07) is 5.13. The average Bonchev–Trinajstić information content (AvgIpc) is 3.20. The van der Waals surface area contributed by atoms with Crippen molar-refractivity contribution in [1.82, 2.24) is 5.32 Å². The van der Waals surface area contributed by atoms with E-state index < -0.39 is 0 Å². The first-order valence-corrected chi connectivity index (χ1v) is 7.30. The van der Waals surface area contributed by atoms with Gasteiger partial charge in [0.05, 0.1) is 13.2 Å². The quantitative estimate of drug-likeness (QED) is 0.720. The molecule has 0 amide bonds. The molecule has 0 aliphatic heterocycles. The summed E-state index contributed by atoms with van der Waals surface area (Å²) in [6.45, 7) is 4.60. The van der Waals surface area contributed by atoms with Crippen LogP contribution in [0.4, 0.5) is 4.39 Å². The fourth-order valence-electron chi connectivity index (χ4n) is 2.34. The maximum Gasteiger partial charge on any atom is 0.123 e. The van der Waals surface area contributed by atoms with Crippen LogP contribution in [0.2, 0.25) is 0 Å². The van der Waals surface area contributed by atoms with Crippen molar-refractivity contribution in [3.63, 3.8) is 0 Å². The van der Waals surface area contributed by atoms with Gasteiger partial charge in [0, 0.05) is 11.6 Å². The molecular weight excluding hydrogens is 257 g/mol. The Bertz CT molecular complexity index is 448. The van der Waals surface area contributed by atoms with Crippen molar-refractivity contribution in [2.75, 3.05) is 13.2 Å². The minimum Gasteiger partial charge on any atom is -0.493 e. The van der Waals surface area contributed by atoms with Crippen LogP contribution >= 0.6 is 0 Å². The van der Waals surface area contributed by atoms with Crippen molar-refractivity contribution < 1.29 is 14.2 Å². The Balaban J connectivity index is 1.74. The van der Waals surface area contributed by atoms with E-state index in [-0.39, 0.29) is 18.0 Å². The minimum atomic E-state index is -0.240. The van der Waals surface area contributed by atoms with E-state index >= 15 is 0 Å². The molecule has 1 unspecified atom stereocenters. The molecule has 0 heterocycles. The Morgan fingerprint density at radius 3 is 2.80 bits per heavy atom. The van der Waals surface area contributed by atoms with E-state index in [4.69, 9.17) is 4.74 Å². The number of hydrogen-bond acceptors (Lipinski definition) is 3. The monoisotopic (exact) mass is 281 g/mol. The molecule has 0 bridgehead atoms. The zero-order chi connectivity index (χ0) is 14.6. The summed E-state index contributed by atoms with van der Waals surface area (Å²) in [4.78, 5) is 0. The maximum atomic E-state index is 13.0. The molecule has 1 fully saturated rings. The number of aliphatic hydroxyl groups is 1. The molecule has 0 saturated heterocycles. The number of aliphatic hydroxyl groups excluding tert-OH is 1. The maximum absolute atomic E-state index is 13.0. The van der Waals surface area contributed by atoms with E-state index in [2.05, 4.69) is 12.2 Å².